The number of ether oxygens (including phenoxy) is 1. The highest BCUT2D eigenvalue weighted by Gasteiger charge is 2.26. The third kappa shape index (κ3) is 19.0. The summed E-state index contributed by atoms with van der Waals surface area (Å²) in [5, 5.41) is 57.7. The van der Waals surface area contributed by atoms with Crippen LogP contribution in [-0.4, -0.2) is 114 Å². The molecule has 85 heavy (non-hydrogen) atoms. The number of thioether (sulfide) groups is 2. The van der Waals surface area contributed by atoms with Crippen LogP contribution in [0.5, 0.6) is 11.6 Å². The Bertz CT molecular complexity index is 4480. The Balaban J connectivity index is 0.00000280. The fourth-order valence-electron chi connectivity index (χ4n) is 7.80. The molecule has 0 atom stereocenters. The second-order valence-electron chi connectivity index (χ2n) is 18.2. The lowest BCUT2D eigenvalue weighted by Crippen LogP contribution is -2.08. The maximum atomic E-state index is 12.3. The summed E-state index contributed by atoms with van der Waals surface area (Å²) < 4.78 is 165. The summed E-state index contributed by atoms with van der Waals surface area (Å²) in [4.78, 5) is 4.84. The van der Waals surface area contributed by atoms with E-state index in [0.717, 1.165) is 10.5 Å². The lowest BCUT2D eigenvalue weighted by atomic mass is 10.1. The minimum Gasteiger partial charge on any atom is -0.493 e. The summed E-state index contributed by atoms with van der Waals surface area (Å²) in [5.41, 5.74) is 4.14. The monoisotopic (exact) mass is 1300 g/mol. The molecule has 5 aromatic carbocycles. The molecule has 0 fully saturated rings. The van der Waals surface area contributed by atoms with E-state index in [1.165, 1.54) is 48.6 Å². The normalized spacial score (nSPS) is 12.5. The van der Waals surface area contributed by atoms with Gasteiger partial charge in [-0.2, -0.15) is 59.4 Å². The maximum absolute atomic E-state index is 12.3. The lowest BCUT2D eigenvalue weighted by molar-refractivity contribution is 0.317. The number of hydrogen-bond donors (Lipinski definition) is 5. The molecule has 7 aromatic rings. The molecule has 5 N–H and O–H groups in total. The van der Waals surface area contributed by atoms with Crippen LogP contribution in [0.3, 0.4) is 0 Å². The van der Waals surface area contributed by atoms with Crippen molar-refractivity contribution in [1.29, 1.82) is 5.26 Å². The van der Waals surface area contributed by atoms with Crippen LogP contribution in [0.25, 0.3) is 16.7 Å². The molecule has 0 bridgehead atoms. The van der Waals surface area contributed by atoms with Gasteiger partial charge in [0.25, 0.3) is 40.5 Å². The first-order valence-corrected chi connectivity index (χ1v) is 33.8. The van der Waals surface area contributed by atoms with Gasteiger partial charge in [0.2, 0.25) is 5.88 Å². The third-order valence-corrected chi connectivity index (χ3v) is 17.4. The van der Waals surface area contributed by atoms with E-state index in [4.69, 9.17) is 17.4 Å². The first-order valence-electron chi connectivity index (χ1n) is 24.6. The molecule has 0 radical (unpaired) electrons. The number of hydrogen-bond acceptors (Lipinski definition) is 25. The largest absolute Gasteiger partial charge is 0.493 e. The molecule has 0 aliphatic rings. The van der Waals surface area contributed by atoms with Crippen LogP contribution >= 0.6 is 23.5 Å². The zero-order valence-corrected chi connectivity index (χ0v) is 51.0. The Morgan fingerprint density at radius 2 is 1.05 bits per heavy atom. The minimum absolute atomic E-state index is 0.0145. The number of pyridine rings is 1. The number of nitrogens with zero attached hydrogens (tertiary/aromatic N) is 11. The number of aromatic nitrogens is 2. The minimum atomic E-state index is -4.80. The number of benzene rings is 5. The van der Waals surface area contributed by atoms with Crippen LogP contribution in [0.15, 0.2) is 134 Å². The van der Waals surface area contributed by atoms with Gasteiger partial charge in [0.1, 0.15) is 33.5 Å². The predicted octanol–water partition coefficient (Wildman–Crippen LogP) is 11.9. The Morgan fingerprint density at radius 3 is 1.54 bits per heavy atom. The smallest absolute Gasteiger partial charge is 0.425 e. The molecule has 0 spiro atoms. The first kappa shape index (κ1) is 66.6. The Morgan fingerprint density at radius 1 is 0.588 bits per heavy atom. The highest BCUT2D eigenvalue weighted by atomic mass is 32.2. The average molecular weight is 1300 g/mol. The zero-order chi connectivity index (χ0) is 62.6. The Kier molecular flexibility index (Phi) is 22.4. The number of imidazole rings is 1. The van der Waals surface area contributed by atoms with Crippen molar-refractivity contribution in [3.05, 3.63) is 112 Å². The molecule has 7 rings (SSSR count). The molecule has 2 heterocycles. The van der Waals surface area contributed by atoms with E-state index < -0.39 is 79.1 Å². The molecule has 0 aliphatic carbocycles. The van der Waals surface area contributed by atoms with E-state index >= 15 is 0 Å². The molecule has 0 saturated carbocycles. The van der Waals surface area contributed by atoms with Gasteiger partial charge in [0.05, 0.1) is 63.5 Å². The van der Waals surface area contributed by atoms with Crippen molar-refractivity contribution in [3.63, 3.8) is 0 Å². The van der Waals surface area contributed by atoms with E-state index in [2.05, 4.69) is 45.9 Å². The zero-order valence-electron chi connectivity index (χ0n) is 45.3. The van der Waals surface area contributed by atoms with Crippen molar-refractivity contribution in [2.24, 2.45) is 40.9 Å². The summed E-state index contributed by atoms with van der Waals surface area (Å²) in [5.74, 6) is -1.71. The second kappa shape index (κ2) is 28.6. The van der Waals surface area contributed by atoms with E-state index in [1.807, 2.05) is 31.2 Å². The molecule has 2 aromatic heterocycles. The van der Waals surface area contributed by atoms with Gasteiger partial charge in [0.15, 0.2) is 11.3 Å². The van der Waals surface area contributed by atoms with Crippen LogP contribution in [0.1, 0.15) is 52.6 Å². The quantitative estimate of drug-likeness (QED) is 0.0162. The molecular weight excluding hydrogens is 1250 g/mol. The molecule has 35 heteroatoms. The van der Waals surface area contributed by atoms with Crippen molar-refractivity contribution in [2.75, 3.05) is 35.4 Å². The fourth-order valence-corrected chi connectivity index (χ4v) is 12.2. The molecule has 0 saturated heterocycles. The summed E-state index contributed by atoms with van der Waals surface area (Å²) in [6.45, 7) is 8.02. The number of rotatable bonds is 24. The summed E-state index contributed by atoms with van der Waals surface area (Å²) in [6, 6.07) is 23.4. The summed E-state index contributed by atoms with van der Waals surface area (Å²) >= 11 is 2.48. The first-order chi connectivity index (χ1) is 39.8. The van der Waals surface area contributed by atoms with E-state index in [0.29, 0.717) is 66.2 Å². The van der Waals surface area contributed by atoms with E-state index in [-0.39, 0.29) is 82.2 Å². The van der Waals surface area contributed by atoms with Gasteiger partial charge >= 0.3 is 10.6 Å². The van der Waals surface area contributed by atoms with Crippen LogP contribution in [0.2, 0.25) is 0 Å². The molecule has 450 valence electrons. The summed E-state index contributed by atoms with van der Waals surface area (Å²) in [7, 11) is -20.8. The molecular formula is C50H51N11O17S7. The predicted molar refractivity (Wildman–Crippen MR) is 315 cm³/mol. The molecule has 0 amide bonds. The van der Waals surface area contributed by atoms with Gasteiger partial charge in [-0.3, -0.25) is 22.6 Å². The molecule has 0 unspecified atom stereocenters. The van der Waals surface area contributed by atoms with Gasteiger partial charge in [-0.1, -0.05) is 24.3 Å². The number of fused-ring (bicyclic) bond motifs is 3. The number of azo groups is 4. The highest BCUT2D eigenvalue weighted by molar-refractivity contribution is 7.99. The van der Waals surface area contributed by atoms with Crippen LogP contribution in [-0.2, 0) is 51.1 Å². The van der Waals surface area contributed by atoms with Gasteiger partial charge in [0, 0.05) is 21.4 Å². The molecule has 0 aliphatic heterocycles. The van der Waals surface area contributed by atoms with Gasteiger partial charge in [-0.05, 0) is 136 Å². The summed E-state index contributed by atoms with van der Waals surface area (Å²) in [6.07, 6.45) is 0.0273. The third-order valence-electron chi connectivity index (χ3n) is 11.8. The maximum Gasteiger partial charge on any atom is 0.425 e. The lowest BCUT2D eigenvalue weighted by Gasteiger charge is -2.12. The molecule has 28 nitrogen and oxygen atoms in total. The van der Waals surface area contributed by atoms with Crippen molar-refractivity contribution in [3.8, 4) is 17.7 Å². The average Bonchev–Trinajstić information content (AvgIpc) is 1.67. The van der Waals surface area contributed by atoms with Crippen molar-refractivity contribution >= 4 is 137 Å². The number of aryl methyl sites for hydroxylation is 4. The van der Waals surface area contributed by atoms with Gasteiger partial charge in [-0.25, -0.2) is 4.98 Å². The van der Waals surface area contributed by atoms with Crippen LogP contribution in [0.4, 0.5) is 45.5 Å². The second-order valence-corrected chi connectivity index (χ2v) is 27.0. The Hall–Kier alpha value is -7.50. The van der Waals surface area contributed by atoms with Crippen molar-refractivity contribution in [1.82, 2.24) is 9.38 Å². The topological polar surface area (TPSA) is 438 Å². The standard InChI is InChI=1S/C50H51N11O14S6.O3S/c1-29-14-15-45(81(72,73)74)47-48(29)61-49(52-47)35(28-51)33(5)46(50(61)62)60-57-39-22-30(2)36(25-42(39)75-16-9-19-78(63,64)65)55-58-40-24-32(4)38(27-44(40)77-18-11-21-80(69,70)71)56-59-41-23-31(3)37(54-53-34-12-7-6-8-13-34)26-43(41)76-17-10-20-79(66,67)68;1-4(2)3/h6-8,12-15,22-27,62H,9-11,16-21H2,1-5H3,(H,63,64,65)(H,66,67,68)(H,69,70,71)(H,72,73,74);. The van der Waals surface area contributed by atoms with Crippen LogP contribution in [0, 0.1) is 45.9 Å². The van der Waals surface area contributed by atoms with Gasteiger partial charge < -0.3 is 9.84 Å². The van der Waals surface area contributed by atoms with Gasteiger partial charge in [-0.15, -0.1) is 56.6 Å². The highest BCUT2D eigenvalue weighted by Crippen LogP contribution is 2.44. The van der Waals surface area contributed by atoms with Crippen molar-refractivity contribution in [2.45, 2.75) is 68.6 Å². The fraction of sp³-hybridized carbons (Fsp3) is 0.280. The van der Waals surface area contributed by atoms with E-state index in [1.54, 1.807) is 57.2 Å². The Labute approximate surface area is 497 Å². The number of aromatic hydroxyl groups is 1. The van der Waals surface area contributed by atoms with E-state index in [9.17, 15) is 62.3 Å². The number of nitriles is 1. The van der Waals surface area contributed by atoms with Crippen molar-refractivity contribution < 1.29 is 74.4 Å². The van der Waals surface area contributed by atoms with Crippen LogP contribution < -0.4 is 4.74 Å². The SMILES string of the molecule is Cc1cc(N=Nc2cc(SCCCS(=O)(=O)O)c(N=Nc3cc(OCCCS(=O)(=O)O)c(N=Nc4c(C)c(C#N)c5nc6c(S(=O)(=O)O)ccc(C)c6n5c4O)cc3C)cc2C)c(SCCCS(=O)(=O)O)cc1N=Nc1ccccc1.O=S(=O)=O.